The molecule has 1 aromatic rings. The molecular formula is C15H22N2O2. The van der Waals surface area contributed by atoms with E-state index in [1.165, 1.54) is 0 Å². The Morgan fingerprint density at radius 2 is 2.26 bits per heavy atom. The van der Waals surface area contributed by atoms with Gasteiger partial charge in [0.25, 0.3) is 0 Å². The standard InChI is InChI=1S/C15H22N2O2/c1-3-9-16-14-8-10-17(15(14)18)12-6-5-7-13(11-12)19-4-2/h5-7,11,14,16H,3-4,8-10H2,1-2H3. The van der Waals surface area contributed by atoms with Crippen molar-refractivity contribution in [2.75, 3.05) is 24.6 Å². The number of nitrogens with one attached hydrogen (secondary N) is 1. The number of rotatable bonds is 6. The van der Waals surface area contributed by atoms with Crippen LogP contribution in [0.1, 0.15) is 26.7 Å². The van der Waals surface area contributed by atoms with Gasteiger partial charge >= 0.3 is 0 Å². The molecule has 0 aliphatic carbocycles. The zero-order chi connectivity index (χ0) is 13.7. The minimum absolute atomic E-state index is 0.0318. The molecule has 4 heteroatoms. The Morgan fingerprint density at radius 1 is 1.42 bits per heavy atom. The van der Waals surface area contributed by atoms with Crippen LogP contribution in [0.25, 0.3) is 0 Å². The quantitative estimate of drug-likeness (QED) is 0.854. The van der Waals surface area contributed by atoms with Crippen LogP contribution < -0.4 is 15.0 Å². The highest BCUT2D eigenvalue weighted by molar-refractivity contribution is 5.99. The molecule has 2 rings (SSSR count). The monoisotopic (exact) mass is 262 g/mol. The molecule has 1 unspecified atom stereocenters. The molecule has 0 spiro atoms. The van der Waals surface area contributed by atoms with Crippen molar-refractivity contribution in [1.29, 1.82) is 0 Å². The van der Waals surface area contributed by atoms with Gasteiger partial charge in [-0.25, -0.2) is 0 Å². The average molecular weight is 262 g/mol. The lowest BCUT2D eigenvalue weighted by Crippen LogP contribution is -2.38. The Bertz CT molecular complexity index is 434. The number of hydrogen-bond donors (Lipinski definition) is 1. The third kappa shape index (κ3) is 3.26. The van der Waals surface area contributed by atoms with Gasteiger partial charge in [-0.1, -0.05) is 13.0 Å². The van der Waals surface area contributed by atoms with Crippen molar-refractivity contribution >= 4 is 11.6 Å². The van der Waals surface area contributed by atoms with Crippen LogP contribution in [0, 0.1) is 0 Å². The normalized spacial score (nSPS) is 18.9. The average Bonchev–Trinajstić information content (AvgIpc) is 2.78. The van der Waals surface area contributed by atoms with Crippen LogP contribution in [0.4, 0.5) is 5.69 Å². The molecule has 0 radical (unpaired) electrons. The van der Waals surface area contributed by atoms with Crippen LogP contribution in [0.15, 0.2) is 24.3 Å². The molecule has 1 atom stereocenters. The zero-order valence-corrected chi connectivity index (χ0v) is 11.7. The number of ether oxygens (including phenoxy) is 1. The molecular weight excluding hydrogens is 240 g/mol. The van der Waals surface area contributed by atoms with Crippen LogP contribution in [0.5, 0.6) is 5.75 Å². The second-order valence-corrected chi connectivity index (χ2v) is 4.72. The van der Waals surface area contributed by atoms with Gasteiger partial charge in [0.15, 0.2) is 0 Å². The fraction of sp³-hybridized carbons (Fsp3) is 0.533. The van der Waals surface area contributed by atoms with Crippen molar-refractivity contribution < 1.29 is 9.53 Å². The number of carbonyl (C=O) groups is 1. The van der Waals surface area contributed by atoms with Gasteiger partial charge in [0.05, 0.1) is 12.6 Å². The molecule has 4 nitrogen and oxygen atoms in total. The predicted molar refractivity (Wildman–Crippen MR) is 76.7 cm³/mol. The smallest absolute Gasteiger partial charge is 0.244 e. The second-order valence-electron chi connectivity index (χ2n) is 4.72. The maximum absolute atomic E-state index is 12.3. The number of amides is 1. The van der Waals surface area contributed by atoms with Crippen LogP contribution >= 0.6 is 0 Å². The maximum atomic E-state index is 12.3. The van der Waals surface area contributed by atoms with Crippen molar-refractivity contribution in [1.82, 2.24) is 5.32 Å². The van der Waals surface area contributed by atoms with E-state index >= 15 is 0 Å². The number of benzene rings is 1. The van der Waals surface area contributed by atoms with E-state index in [1.807, 2.05) is 36.1 Å². The van der Waals surface area contributed by atoms with Gasteiger partial charge in [0.2, 0.25) is 5.91 Å². The topological polar surface area (TPSA) is 41.6 Å². The summed E-state index contributed by atoms with van der Waals surface area (Å²) < 4.78 is 5.48. The molecule has 1 amide bonds. The molecule has 0 aromatic heterocycles. The highest BCUT2D eigenvalue weighted by Crippen LogP contribution is 2.25. The summed E-state index contributed by atoms with van der Waals surface area (Å²) in [5, 5.41) is 3.30. The van der Waals surface area contributed by atoms with E-state index in [0.717, 1.165) is 37.4 Å². The Balaban J connectivity index is 2.06. The van der Waals surface area contributed by atoms with Crippen molar-refractivity contribution in [3.63, 3.8) is 0 Å². The maximum Gasteiger partial charge on any atom is 0.244 e. The van der Waals surface area contributed by atoms with Crippen LogP contribution in [0.3, 0.4) is 0 Å². The van der Waals surface area contributed by atoms with E-state index in [9.17, 15) is 4.79 Å². The summed E-state index contributed by atoms with van der Waals surface area (Å²) in [4.78, 5) is 14.1. The molecule has 19 heavy (non-hydrogen) atoms. The minimum atomic E-state index is -0.0318. The van der Waals surface area contributed by atoms with Crippen molar-refractivity contribution in [2.24, 2.45) is 0 Å². The summed E-state index contributed by atoms with van der Waals surface area (Å²) in [7, 11) is 0. The minimum Gasteiger partial charge on any atom is -0.494 e. The molecule has 1 aromatic carbocycles. The first-order chi connectivity index (χ1) is 9.26. The van der Waals surface area contributed by atoms with E-state index in [0.29, 0.717) is 6.61 Å². The first-order valence-electron chi connectivity index (χ1n) is 7.04. The number of nitrogens with zero attached hydrogens (tertiary/aromatic N) is 1. The molecule has 1 saturated heterocycles. The molecule has 1 heterocycles. The van der Waals surface area contributed by atoms with Crippen LogP contribution in [-0.4, -0.2) is 31.6 Å². The van der Waals surface area contributed by atoms with Crippen LogP contribution in [0.2, 0.25) is 0 Å². The summed E-state index contributed by atoms with van der Waals surface area (Å²) in [6.45, 7) is 6.37. The number of anilines is 1. The largest absolute Gasteiger partial charge is 0.494 e. The number of carbonyl (C=O) groups excluding carboxylic acids is 1. The summed E-state index contributed by atoms with van der Waals surface area (Å²) in [5.74, 6) is 0.986. The SMILES string of the molecule is CCCNC1CCN(c2cccc(OCC)c2)C1=O. The van der Waals surface area contributed by atoms with Gasteiger partial charge in [-0.3, -0.25) is 4.79 Å². The zero-order valence-electron chi connectivity index (χ0n) is 11.7. The van der Waals surface area contributed by atoms with Gasteiger partial charge in [-0.2, -0.15) is 0 Å². The van der Waals surface area contributed by atoms with Gasteiger partial charge < -0.3 is 15.0 Å². The van der Waals surface area contributed by atoms with E-state index < -0.39 is 0 Å². The Labute approximate surface area is 114 Å². The molecule has 1 N–H and O–H groups in total. The summed E-state index contributed by atoms with van der Waals surface area (Å²) in [6.07, 6.45) is 1.92. The molecule has 1 fully saturated rings. The molecule has 104 valence electrons. The number of hydrogen-bond acceptors (Lipinski definition) is 3. The van der Waals surface area contributed by atoms with Crippen molar-refractivity contribution in [3.8, 4) is 5.75 Å². The summed E-state index contributed by atoms with van der Waals surface area (Å²) in [5.41, 5.74) is 0.928. The highest BCUT2D eigenvalue weighted by Gasteiger charge is 2.31. The van der Waals surface area contributed by atoms with Gasteiger partial charge in [-0.15, -0.1) is 0 Å². The third-order valence-corrected chi connectivity index (χ3v) is 3.29. The lowest BCUT2D eigenvalue weighted by molar-refractivity contribution is -0.118. The Kier molecular flexibility index (Phi) is 4.80. The molecule has 1 aliphatic heterocycles. The van der Waals surface area contributed by atoms with E-state index in [4.69, 9.17) is 4.74 Å². The lowest BCUT2D eigenvalue weighted by atomic mass is 10.2. The first kappa shape index (κ1) is 13.9. The van der Waals surface area contributed by atoms with Crippen molar-refractivity contribution in [2.45, 2.75) is 32.7 Å². The first-order valence-corrected chi connectivity index (χ1v) is 7.04. The summed E-state index contributed by atoms with van der Waals surface area (Å²) in [6, 6.07) is 7.71. The van der Waals surface area contributed by atoms with Gasteiger partial charge in [0.1, 0.15) is 5.75 Å². The highest BCUT2D eigenvalue weighted by atomic mass is 16.5. The van der Waals surface area contributed by atoms with Gasteiger partial charge in [0, 0.05) is 18.3 Å². The van der Waals surface area contributed by atoms with E-state index in [1.54, 1.807) is 0 Å². The Hall–Kier alpha value is -1.55. The summed E-state index contributed by atoms with van der Waals surface area (Å²) >= 11 is 0. The van der Waals surface area contributed by atoms with Gasteiger partial charge in [-0.05, 0) is 38.4 Å². The fourth-order valence-corrected chi connectivity index (χ4v) is 2.35. The second kappa shape index (κ2) is 6.57. The Morgan fingerprint density at radius 3 is 3.00 bits per heavy atom. The third-order valence-electron chi connectivity index (χ3n) is 3.29. The van der Waals surface area contributed by atoms with Crippen molar-refractivity contribution in [3.05, 3.63) is 24.3 Å². The van der Waals surface area contributed by atoms with E-state index in [-0.39, 0.29) is 11.9 Å². The molecule has 1 aliphatic rings. The van der Waals surface area contributed by atoms with Crippen LogP contribution in [-0.2, 0) is 4.79 Å². The lowest BCUT2D eigenvalue weighted by Gasteiger charge is -2.18. The molecule has 0 bridgehead atoms. The molecule has 0 saturated carbocycles. The fourth-order valence-electron chi connectivity index (χ4n) is 2.35. The van der Waals surface area contributed by atoms with E-state index in [2.05, 4.69) is 12.2 Å². The predicted octanol–water partition coefficient (Wildman–Crippen LogP) is 2.19.